The third kappa shape index (κ3) is 1.85. The van der Waals surface area contributed by atoms with Gasteiger partial charge in [-0.2, -0.15) is 0 Å². The number of aromatic nitrogens is 1. The van der Waals surface area contributed by atoms with Gasteiger partial charge in [0.05, 0.1) is 15.7 Å². The summed E-state index contributed by atoms with van der Waals surface area (Å²) in [6.07, 6.45) is 1.52. The predicted octanol–water partition coefficient (Wildman–Crippen LogP) is 3.10. The third-order valence-corrected chi connectivity index (χ3v) is 3.19. The number of benzene rings is 2. The van der Waals surface area contributed by atoms with Crippen LogP contribution in [-0.2, 0) is 0 Å². The molecule has 0 atom stereocenters. The second-order valence-electron chi connectivity index (χ2n) is 4.35. The van der Waals surface area contributed by atoms with Crippen LogP contribution in [0.3, 0.4) is 0 Å². The number of pyridine rings is 1. The van der Waals surface area contributed by atoms with E-state index < -0.39 is 4.92 Å². The molecule has 3 aromatic rings. The molecule has 1 aromatic heterocycles. The molecule has 5 heteroatoms. The Bertz CT molecular complexity index is 854. The summed E-state index contributed by atoms with van der Waals surface area (Å²) in [4.78, 5) is 25.2. The minimum absolute atomic E-state index is 0.0625. The molecule has 5 nitrogen and oxygen atoms in total. The van der Waals surface area contributed by atoms with Crippen LogP contribution in [0.15, 0.2) is 59.5 Å². The molecule has 0 radical (unpaired) electrons. The van der Waals surface area contributed by atoms with Crippen LogP contribution in [0.5, 0.6) is 0 Å². The molecule has 2 aromatic carbocycles. The smallest absolute Gasteiger partial charge is 0.278 e. The molecular formula is C15H10N2O3. The Morgan fingerprint density at radius 2 is 1.75 bits per heavy atom. The lowest BCUT2D eigenvalue weighted by atomic mass is 9.99. The van der Waals surface area contributed by atoms with Crippen molar-refractivity contribution >= 4 is 16.5 Å². The van der Waals surface area contributed by atoms with Crippen molar-refractivity contribution in [3.8, 4) is 11.1 Å². The average Bonchev–Trinajstić information content (AvgIpc) is 2.48. The SMILES string of the molecule is O=c1[nH]cc(-c2ccccc2)c2c([N+](=O)[O-])cccc12. The summed E-state index contributed by atoms with van der Waals surface area (Å²) in [6, 6.07) is 13.8. The molecule has 0 amide bonds. The van der Waals surface area contributed by atoms with Gasteiger partial charge in [-0.3, -0.25) is 14.9 Å². The van der Waals surface area contributed by atoms with Crippen molar-refractivity contribution in [1.82, 2.24) is 4.98 Å². The maximum Gasteiger partial charge on any atom is 0.278 e. The van der Waals surface area contributed by atoms with Gasteiger partial charge in [0.25, 0.3) is 11.2 Å². The molecule has 0 aliphatic rings. The van der Waals surface area contributed by atoms with E-state index in [1.165, 1.54) is 18.3 Å². The molecule has 0 aliphatic carbocycles. The van der Waals surface area contributed by atoms with Gasteiger partial charge in [0.2, 0.25) is 0 Å². The van der Waals surface area contributed by atoms with Crippen LogP contribution >= 0.6 is 0 Å². The second-order valence-corrected chi connectivity index (χ2v) is 4.35. The summed E-state index contributed by atoms with van der Waals surface area (Å²) in [6.45, 7) is 0. The zero-order valence-electron chi connectivity index (χ0n) is 10.4. The van der Waals surface area contributed by atoms with E-state index >= 15 is 0 Å². The van der Waals surface area contributed by atoms with E-state index in [2.05, 4.69) is 4.98 Å². The van der Waals surface area contributed by atoms with Gasteiger partial charge in [0, 0.05) is 17.8 Å². The summed E-state index contributed by atoms with van der Waals surface area (Å²) >= 11 is 0. The fourth-order valence-corrected chi connectivity index (χ4v) is 2.30. The van der Waals surface area contributed by atoms with Gasteiger partial charge in [-0.05, 0) is 11.6 Å². The molecule has 1 N–H and O–H groups in total. The monoisotopic (exact) mass is 266 g/mol. The van der Waals surface area contributed by atoms with Crippen molar-refractivity contribution in [1.29, 1.82) is 0 Å². The number of hydrogen-bond donors (Lipinski definition) is 1. The number of nitro benzene ring substituents is 1. The second kappa shape index (κ2) is 4.62. The lowest BCUT2D eigenvalue weighted by Crippen LogP contribution is -2.07. The van der Waals surface area contributed by atoms with Crippen LogP contribution in [-0.4, -0.2) is 9.91 Å². The largest absolute Gasteiger partial charge is 0.328 e. The van der Waals surface area contributed by atoms with E-state index in [0.717, 1.165) is 5.56 Å². The summed E-state index contributed by atoms with van der Waals surface area (Å²) in [7, 11) is 0. The summed E-state index contributed by atoms with van der Waals surface area (Å²) in [5, 5.41) is 11.9. The Labute approximate surface area is 113 Å². The standard InChI is InChI=1S/C15H10N2O3/c18-15-11-7-4-8-13(17(19)20)14(11)12(9-16-15)10-5-2-1-3-6-10/h1-9H,(H,16,18). The highest BCUT2D eigenvalue weighted by molar-refractivity contribution is 6.01. The van der Waals surface area contributed by atoms with Gasteiger partial charge in [0.1, 0.15) is 0 Å². The number of nitrogens with one attached hydrogen (secondary N) is 1. The van der Waals surface area contributed by atoms with Crippen molar-refractivity contribution in [2.45, 2.75) is 0 Å². The van der Waals surface area contributed by atoms with Crippen LogP contribution < -0.4 is 5.56 Å². The first-order chi connectivity index (χ1) is 9.68. The number of nitrogens with zero attached hydrogens (tertiary/aromatic N) is 1. The van der Waals surface area contributed by atoms with Crippen LogP contribution in [0.2, 0.25) is 0 Å². The molecule has 0 saturated carbocycles. The maximum absolute atomic E-state index is 11.9. The molecule has 0 fully saturated rings. The molecule has 1 heterocycles. The summed E-state index contributed by atoms with van der Waals surface area (Å²) in [5.41, 5.74) is 1.08. The van der Waals surface area contributed by atoms with Gasteiger partial charge < -0.3 is 4.98 Å². The summed E-state index contributed by atoms with van der Waals surface area (Å²) < 4.78 is 0. The number of rotatable bonds is 2. The van der Waals surface area contributed by atoms with Gasteiger partial charge in [-0.15, -0.1) is 0 Å². The lowest BCUT2D eigenvalue weighted by molar-refractivity contribution is -0.383. The quantitative estimate of drug-likeness (QED) is 0.572. The maximum atomic E-state index is 11.9. The normalized spacial score (nSPS) is 10.6. The molecule has 0 aliphatic heterocycles. The fraction of sp³-hybridized carbons (Fsp3) is 0. The van der Waals surface area contributed by atoms with Crippen LogP contribution in [0, 0.1) is 10.1 Å². The minimum atomic E-state index is -0.464. The van der Waals surface area contributed by atoms with E-state index in [-0.39, 0.29) is 11.2 Å². The van der Waals surface area contributed by atoms with Crippen molar-refractivity contribution < 1.29 is 4.92 Å². The van der Waals surface area contributed by atoms with Crippen molar-refractivity contribution in [3.63, 3.8) is 0 Å². The van der Waals surface area contributed by atoms with E-state index in [9.17, 15) is 14.9 Å². The van der Waals surface area contributed by atoms with E-state index in [1.54, 1.807) is 6.07 Å². The number of H-pyrrole nitrogens is 1. The van der Waals surface area contributed by atoms with Crippen molar-refractivity contribution in [3.05, 3.63) is 75.2 Å². The first-order valence-corrected chi connectivity index (χ1v) is 6.02. The molecule has 20 heavy (non-hydrogen) atoms. The Hall–Kier alpha value is -2.95. The fourth-order valence-electron chi connectivity index (χ4n) is 2.30. The molecule has 98 valence electrons. The Morgan fingerprint density at radius 1 is 1.00 bits per heavy atom. The highest BCUT2D eigenvalue weighted by Gasteiger charge is 2.17. The lowest BCUT2D eigenvalue weighted by Gasteiger charge is -2.06. The van der Waals surface area contributed by atoms with Crippen molar-refractivity contribution in [2.24, 2.45) is 0 Å². The molecule has 0 bridgehead atoms. The number of fused-ring (bicyclic) bond motifs is 1. The van der Waals surface area contributed by atoms with Crippen LogP contribution in [0.4, 0.5) is 5.69 Å². The molecule has 0 spiro atoms. The van der Waals surface area contributed by atoms with Gasteiger partial charge in [-0.1, -0.05) is 36.4 Å². The number of aromatic amines is 1. The topological polar surface area (TPSA) is 76.0 Å². The Kier molecular flexibility index (Phi) is 2.80. The molecule has 3 rings (SSSR count). The first-order valence-electron chi connectivity index (χ1n) is 6.02. The Balaban J connectivity index is 2.48. The van der Waals surface area contributed by atoms with Crippen molar-refractivity contribution in [2.75, 3.05) is 0 Å². The minimum Gasteiger partial charge on any atom is -0.328 e. The predicted molar refractivity (Wildman–Crippen MR) is 76.7 cm³/mol. The first kappa shape index (κ1) is 12.1. The van der Waals surface area contributed by atoms with Gasteiger partial charge in [0.15, 0.2) is 0 Å². The molecule has 0 unspecified atom stereocenters. The molecule has 0 saturated heterocycles. The van der Waals surface area contributed by atoms with E-state index in [1.807, 2.05) is 30.3 Å². The number of hydrogen-bond acceptors (Lipinski definition) is 3. The van der Waals surface area contributed by atoms with Crippen LogP contribution in [0.1, 0.15) is 0 Å². The third-order valence-electron chi connectivity index (χ3n) is 3.19. The van der Waals surface area contributed by atoms with E-state index in [4.69, 9.17) is 0 Å². The molecular weight excluding hydrogens is 256 g/mol. The van der Waals surface area contributed by atoms with Gasteiger partial charge in [-0.25, -0.2) is 0 Å². The number of non-ortho nitro benzene ring substituents is 1. The van der Waals surface area contributed by atoms with E-state index in [0.29, 0.717) is 16.3 Å². The Morgan fingerprint density at radius 3 is 2.45 bits per heavy atom. The zero-order valence-corrected chi connectivity index (χ0v) is 10.4. The van der Waals surface area contributed by atoms with Crippen LogP contribution in [0.25, 0.3) is 21.9 Å². The highest BCUT2D eigenvalue weighted by Crippen LogP contribution is 2.32. The summed E-state index contributed by atoms with van der Waals surface area (Å²) in [5.74, 6) is 0. The highest BCUT2D eigenvalue weighted by atomic mass is 16.6. The average molecular weight is 266 g/mol. The zero-order chi connectivity index (χ0) is 14.1. The number of nitro groups is 1. The van der Waals surface area contributed by atoms with Gasteiger partial charge >= 0.3 is 0 Å².